The van der Waals surface area contributed by atoms with E-state index in [1.165, 1.54) is 263 Å². The fourth-order valence-electron chi connectivity index (χ4n) is 12.2. The van der Waals surface area contributed by atoms with Gasteiger partial charge < -0.3 is 9.47 Å². The first-order valence-corrected chi connectivity index (χ1v) is 37.4. The largest absolute Gasteiger partial charge is 0.494 e. The maximum Gasteiger partial charge on any atom is 0.119 e. The Morgan fingerprint density at radius 1 is 0.267 bits per heavy atom. The van der Waals surface area contributed by atoms with Gasteiger partial charge in [-0.15, -0.1) is 22.7 Å². The van der Waals surface area contributed by atoms with Crippen LogP contribution >= 0.6 is 22.7 Å². The van der Waals surface area contributed by atoms with Crippen LogP contribution in [0, 0.1) is 0 Å². The van der Waals surface area contributed by atoms with E-state index in [2.05, 4.69) is 113 Å². The molecule has 3 aromatic carbocycles. The molecule has 86 heavy (non-hydrogen) atoms. The van der Waals surface area contributed by atoms with Crippen molar-refractivity contribution >= 4 is 44.7 Å². The van der Waals surface area contributed by atoms with Crippen molar-refractivity contribution < 1.29 is 9.47 Å². The van der Waals surface area contributed by atoms with Crippen molar-refractivity contribution in [1.82, 2.24) is 19.9 Å². The lowest BCUT2D eigenvalue weighted by molar-refractivity contribution is 0.304. The van der Waals surface area contributed by atoms with Gasteiger partial charge in [0.1, 0.15) is 22.9 Å². The molecule has 0 atom stereocenters. The van der Waals surface area contributed by atoms with Gasteiger partial charge in [-0.3, -0.25) is 0 Å². The second kappa shape index (κ2) is 42.3. The van der Waals surface area contributed by atoms with Crippen LogP contribution in [0.5, 0.6) is 11.5 Å². The molecule has 0 saturated heterocycles. The minimum Gasteiger partial charge on any atom is -0.494 e. The van der Waals surface area contributed by atoms with E-state index in [1.807, 2.05) is 22.7 Å². The van der Waals surface area contributed by atoms with Gasteiger partial charge in [0.2, 0.25) is 0 Å². The van der Waals surface area contributed by atoms with E-state index in [0.717, 1.165) is 106 Å². The molecule has 0 aliphatic carbocycles. The van der Waals surface area contributed by atoms with E-state index in [1.54, 1.807) is 0 Å². The van der Waals surface area contributed by atoms with Crippen molar-refractivity contribution in [2.45, 2.75) is 297 Å². The number of nitrogens with zero attached hydrogens (tertiary/aromatic N) is 4. The normalized spacial score (nSPS) is 11.7. The Morgan fingerprint density at radius 3 is 0.814 bits per heavy atom. The average molecular weight is 1200 g/mol. The zero-order chi connectivity index (χ0) is 59.9. The first kappa shape index (κ1) is 68.8. The molecular formula is C78H114N4O2S2. The van der Waals surface area contributed by atoms with E-state index < -0.39 is 0 Å². The van der Waals surface area contributed by atoms with E-state index in [0.29, 0.717) is 0 Å². The molecule has 4 aromatic heterocycles. The third-order valence-corrected chi connectivity index (χ3v) is 19.9. The molecule has 0 aliphatic rings. The molecule has 8 heteroatoms. The quantitative estimate of drug-likeness (QED) is 0.0280. The lowest BCUT2D eigenvalue weighted by Crippen LogP contribution is -2.00. The zero-order valence-corrected chi connectivity index (χ0v) is 56.3. The molecule has 7 rings (SSSR count). The predicted octanol–water partition coefficient (Wildman–Crippen LogP) is 25.9. The third kappa shape index (κ3) is 25.1. The summed E-state index contributed by atoms with van der Waals surface area (Å²) in [5.41, 5.74) is 8.93. The molecule has 0 amide bonds. The number of thiophene rings is 2. The molecule has 7 aromatic rings. The molecule has 0 spiro atoms. The maximum absolute atomic E-state index is 6.32. The Kier molecular flexibility index (Phi) is 33.9. The van der Waals surface area contributed by atoms with Crippen molar-refractivity contribution in [2.24, 2.45) is 0 Å². The van der Waals surface area contributed by atoms with E-state index in [9.17, 15) is 0 Å². The van der Waals surface area contributed by atoms with Gasteiger partial charge in [0.15, 0.2) is 0 Å². The first-order valence-electron chi connectivity index (χ1n) is 35.7. The molecule has 470 valence electrons. The molecule has 0 bridgehead atoms. The number of aryl methyl sites for hydroxylation is 2. The Morgan fingerprint density at radius 2 is 0.523 bits per heavy atom. The van der Waals surface area contributed by atoms with Crippen LogP contribution in [0.25, 0.3) is 65.7 Å². The number of fused-ring (bicyclic) bond motifs is 2. The summed E-state index contributed by atoms with van der Waals surface area (Å²) >= 11 is 3.80. The SMILES string of the molecule is CCCCCCCCCCCCOc1ccc(-c2nc3cc4nc(-c5ccc(CCCCCCCCCCCC)s5)c(-c5ccc(CCCCCCCCCCCC)s5)nc4cc3nc2-c2ccc(OCCCCCCCCCCCC)cc2)cc1. The van der Waals surface area contributed by atoms with Gasteiger partial charge >= 0.3 is 0 Å². The zero-order valence-electron chi connectivity index (χ0n) is 54.6. The summed E-state index contributed by atoms with van der Waals surface area (Å²) in [6.07, 6.45) is 55.5. The Hall–Kier alpha value is -4.66. The smallest absolute Gasteiger partial charge is 0.119 e. The van der Waals surface area contributed by atoms with Crippen LogP contribution in [0.3, 0.4) is 0 Å². The van der Waals surface area contributed by atoms with Gasteiger partial charge in [-0.05, 0) is 123 Å². The monoisotopic (exact) mass is 1200 g/mol. The number of hydrogen-bond acceptors (Lipinski definition) is 8. The fraction of sp³-hybridized carbons (Fsp3) is 0.615. The van der Waals surface area contributed by atoms with Crippen LogP contribution in [0.4, 0.5) is 0 Å². The van der Waals surface area contributed by atoms with Gasteiger partial charge in [-0.25, -0.2) is 19.9 Å². The van der Waals surface area contributed by atoms with Crippen LogP contribution in [0.1, 0.15) is 294 Å². The lowest BCUT2D eigenvalue weighted by Gasteiger charge is -2.14. The number of rotatable bonds is 50. The molecular weight excluding hydrogens is 1090 g/mol. The van der Waals surface area contributed by atoms with E-state index in [-0.39, 0.29) is 0 Å². The molecule has 0 unspecified atom stereocenters. The van der Waals surface area contributed by atoms with E-state index >= 15 is 0 Å². The van der Waals surface area contributed by atoms with Crippen LogP contribution in [-0.2, 0) is 12.8 Å². The summed E-state index contributed by atoms with van der Waals surface area (Å²) in [7, 11) is 0. The molecule has 0 radical (unpaired) electrons. The highest BCUT2D eigenvalue weighted by Gasteiger charge is 2.20. The molecule has 0 saturated carbocycles. The standard InChI is InChI=1S/C78H114N4O2S2/c1-5-9-13-17-21-25-29-33-37-41-45-67-55-57-73(85-67)77-78(74-58-56-68(86-74)46-42-38-34-30-26-22-18-14-10-6-2)82-72-62-70-69(61-71(72)81-77)79-75(63-47-51-65(52-48-63)83-59-43-39-35-31-27-23-19-15-11-7-3)76(80-70)64-49-53-66(54-50-64)84-60-44-40-36-32-28-24-20-16-12-8-4/h47-58,61-62H,5-46,59-60H2,1-4H3. The molecule has 0 fully saturated rings. The molecule has 0 aliphatic heterocycles. The minimum atomic E-state index is 0.738. The number of unbranched alkanes of at least 4 members (excludes halogenated alkanes) is 36. The molecule has 4 heterocycles. The van der Waals surface area contributed by atoms with Crippen molar-refractivity contribution in [3.63, 3.8) is 0 Å². The van der Waals surface area contributed by atoms with Crippen LogP contribution in [-0.4, -0.2) is 33.1 Å². The number of benzene rings is 3. The number of ether oxygens (including phenoxy) is 2. The lowest BCUT2D eigenvalue weighted by atomic mass is 10.0. The summed E-state index contributed by atoms with van der Waals surface area (Å²) in [5.74, 6) is 1.79. The summed E-state index contributed by atoms with van der Waals surface area (Å²) in [6, 6.07) is 30.6. The van der Waals surface area contributed by atoms with E-state index in [4.69, 9.17) is 29.4 Å². The van der Waals surface area contributed by atoms with Gasteiger partial charge in [0, 0.05) is 20.9 Å². The van der Waals surface area contributed by atoms with Crippen LogP contribution in [0.15, 0.2) is 84.9 Å². The highest BCUT2D eigenvalue weighted by molar-refractivity contribution is 7.16. The second-order valence-corrected chi connectivity index (χ2v) is 27.5. The van der Waals surface area contributed by atoms with Gasteiger partial charge in [-0.1, -0.05) is 259 Å². The van der Waals surface area contributed by atoms with Gasteiger partial charge in [0.05, 0.1) is 56.4 Å². The minimum absolute atomic E-state index is 0.738. The summed E-state index contributed by atoms with van der Waals surface area (Å²) < 4.78 is 12.6. The molecule has 0 N–H and O–H groups in total. The third-order valence-electron chi connectivity index (χ3n) is 17.6. The first-order chi connectivity index (χ1) is 42.6. The van der Waals surface area contributed by atoms with Crippen LogP contribution < -0.4 is 9.47 Å². The fourth-order valence-corrected chi connectivity index (χ4v) is 14.3. The highest BCUT2D eigenvalue weighted by atomic mass is 32.1. The summed E-state index contributed by atoms with van der Waals surface area (Å²) in [5, 5.41) is 0. The number of aromatic nitrogens is 4. The Balaban J connectivity index is 1.10. The van der Waals surface area contributed by atoms with Crippen molar-refractivity contribution in [3.05, 3.63) is 94.7 Å². The van der Waals surface area contributed by atoms with Crippen molar-refractivity contribution in [2.75, 3.05) is 13.2 Å². The van der Waals surface area contributed by atoms with Crippen molar-refractivity contribution in [3.8, 4) is 55.2 Å². The van der Waals surface area contributed by atoms with Crippen LogP contribution in [0.2, 0.25) is 0 Å². The summed E-state index contributed by atoms with van der Waals surface area (Å²) in [6.45, 7) is 10.7. The summed E-state index contributed by atoms with van der Waals surface area (Å²) in [4.78, 5) is 27.4. The Bertz CT molecular complexity index is 2680. The predicted molar refractivity (Wildman–Crippen MR) is 376 cm³/mol. The highest BCUT2D eigenvalue weighted by Crippen LogP contribution is 2.40. The number of hydrogen-bond donors (Lipinski definition) is 0. The topological polar surface area (TPSA) is 70.0 Å². The maximum atomic E-state index is 6.32. The molecule has 6 nitrogen and oxygen atoms in total. The van der Waals surface area contributed by atoms with Gasteiger partial charge in [-0.2, -0.15) is 0 Å². The van der Waals surface area contributed by atoms with Crippen molar-refractivity contribution in [1.29, 1.82) is 0 Å². The second-order valence-electron chi connectivity index (χ2n) is 25.2. The Labute approximate surface area is 531 Å². The van der Waals surface area contributed by atoms with Gasteiger partial charge in [0.25, 0.3) is 0 Å². The average Bonchev–Trinajstić information content (AvgIpc) is 1.41.